The van der Waals surface area contributed by atoms with Crippen LogP contribution in [0.15, 0.2) is 30.3 Å². The zero-order chi connectivity index (χ0) is 15.6. The van der Waals surface area contributed by atoms with Crippen molar-refractivity contribution >= 4 is 5.97 Å². The Labute approximate surface area is 128 Å². The molecule has 3 heteroatoms. The van der Waals surface area contributed by atoms with E-state index in [-0.39, 0.29) is 5.92 Å². The van der Waals surface area contributed by atoms with Crippen LogP contribution in [0.2, 0.25) is 0 Å². The standard InChI is InChI=1S/C18H27NO2/c1-13(2)16(15-8-6-5-7-9-15)19-11-10-18(12-19,14(3)4)17(20)21/h5-9,13-14,16H,10-12H2,1-4H3,(H,20,21). The summed E-state index contributed by atoms with van der Waals surface area (Å²) in [4.78, 5) is 14.2. The number of hydrogen-bond donors (Lipinski definition) is 1. The molecule has 1 aliphatic rings. The monoisotopic (exact) mass is 289 g/mol. The summed E-state index contributed by atoms with van der Waals surface area (Å²) in [6.07, 6.45) is 0.746. The highest BCUT2D eigenvalue weighted by molar-refractivity contribution is 5.75. The molecule has 3 nitrogen and oxygen atoms in total. The second kappa shape index (κ2) is 6.18. The largest absolute Gasteiger partial charge is 0.481 e. The Kier molecular flexibility index (Phi) is 4.72. The van der Waals surface area contributed by atoms with Crippen molar-refractivity contribution in [3.05, 3.63) is 35.9 Å². The van der Waals surface area contributed by atoms with E-state index in [0.29, 0.717) is 18.5 Å². The molecule has 116 valence electrons. The van der Waals surface area contributed by atoms with Crippen molar-refractivity contribution in [1.82, 2.24) is 4.90 Å². The molecule has 1 aromatic carbocycles. The molecule has 0 radical (unpaired) electrons. The molecule has 2 atom stereocenters. The zero-order valence-electron chi connectivity index (χ0n) is 13.5. The lowest BCUT2D eigenvalue weighted by atomic mass is 9.76. The van der Waals surface area contributed by atoms with Crippen molar-refractivity contribution in [3.8, 4) is 0 Å². The van der Waals surface area contributed by atoms with Gasteiger partial charge in [0.25, 0.3) is 0 Å². The summed E-state index contributed by atoms with van der Waals surface area (Å²) < 4.78 is 0. The van der Waals surface area contributed by atoms with Gasteiger partial charge in [0.05, 0.1) is 5.41 Å². The van der Waals surface area contributed by atoms with Crippen LogP contribution in [0.5, 0.6) is 0 Å². The number of rotatable bonds is 5. The van der Waals surface area contributed by atoms with Gasteiger partial charge in [-0.15, -0.1) is 0 Å². The van der Waals surface area contributed by atoms with E-state index < -0.39 is 11.4 Å². The van der Waals surface area contributed by atoms with Crippen LogP contribution in [0.25, 0.3) is 0 Å². The van der Waals surface area contributed by atoms with Gasteiger partial charge in [-0.2, -0.15) is 0 Å². The predicted octanol–water partition coefficient (Wildman–Crippen LogP) is 3.82. The Morgan fingerprint density at radius 1 is 1.19 bits per heavy atom. The molecule has 21 heavy (non-hydrogen) atoms. The second-order valence-electron chi connectivity index (χ2n) is 6.94. The maximum atomic E-state index is 11.8. The maximum Gasteiger partial charge on any atom is 0.311 e. The number of carbonyl (C=O) groups is 1. The first-order valence-electron chi connectivity index (χ1n) is 7.91. The Hall–Kier alpha value is -1.35. The van der Waals surface area contributed by atoms with E-state index in [9.17, 15) is 9.90 Å². The Balaban J connectivity index is 2.27. The quantitative estimate of drug-likeness (QED) is 0.896. The van der Waals surface area contributed by atoms with Crippen LogP contribution in [-0.2, 0) is 4.79 Å². The molecule has 1 aromatic rings. The third kappa shape index (κ3) is 2.98. The van der Waals surface area contributed by atoms with Gasteiger partial charge in [-0.3, -0.25) is 9.69 Å². The van der Waals surface area contributed by atoms with Crippen molar-refractivity contribution in [2.45, 2.75) is 40.2 Å². The Morgan fingerprint density at radius 3 is 2.24 bits per heavy atom. The van der Waals surface area contributed by atoms with Crippen LogP contribution in [0.1, 0.15) is 45.7 Å². The molecular weight excluding hydrogens is 262 g/mol. The summed E-state index contributed by atoms with van der Waals surface area (Å²) in [6.45, 7) is 10.0. The van der Waals surface area contributed by atoms with Crippen molar-refractivity contribution in [3.63, 3.8) is 0 Å². The van der Waals surface area contributed by atoms with E-state index in [1.54, 1.807) is 0 Å². The average Bonchev–Trinajstić information content (AvgIpc) is 2.86. The molecule has 0 bridgehead atoms. The Morgan fingerprint density at radius 2 is 1.81 bits per heavy atom. The van der Waals surface area contributed by atoms with E-state index >= 15 is 0 Å². The SMILES string of the molecule is CC(C)C(c1ccccc1)N1CCC(C(=O)O)(C(C)C)C1. The summed E-state index contributed by atoms with van der Waals surface area (Å²) in [5.41, 5.74) is 0.694. The first-order valence-corrected chi connectivity index (χ1v) is 7.91. The number of carboxylic acids is 1. The highest BCUT2D eigenvalue weighted by Crippen LogP contribution is 2.43. The van der Waals surface area contributed by atoms with Crippen molar-refractivity contribution in [2.24, 2.45) is 17.3 Å². The molecule has 2 rings (SSSR count). The lowest BCUT2D eigenvalue weighted by molar-refractivity contribution is -0.151. The van der Waals surface area contributed by atoms with Crippen LogP contribution in [0.3, 0.4) is 0 Å². The number of nitrogens with zero attached hydrogens (tertiary/aromatic N) is 1. The predicted molar refractivity (Wildman–Crippen MR) is 85.1 cm³/mol. The van der Waals surface area contributed by atoms with Crippen LogP contribution in [0, 0.1) is 17.3 Å². The van der Waals surface area contributed by atoms with Gasteiger partial charge < -0.3 is 5.11 Å². The minimum absolute atomic E-state index is 0.156. The van der Waals surface area contributed by atoms with Gasteiger partial charge in [0.2, 0.25) is 0 Å². The van der Waals surface area contributed by atoms with Gasteiger partial charge in [-0.05, 0) is 30.4 Å². The lowest BCUT2D eigenvalue weighted by Crippen LogP contribution is -2.40. The smallest absolute Gasteiger partial charge is 0.311 e. The van der Waals surface area contributed by atoms with Gasteiger partial charge in [-0.25, -0.2) is 0 Å². The summed E-state index contributed by atoms with van der Waals surface area (Å²) in [5.74, 6) is -0.0247. The van der Waals surface area contributed by atoms with Crippen molar-refractivity contribution in [1.29, 1.82) is 0 Å². The highest BCUT2D eigenvalue weighted by Gasteiger charge is 2.48. The third-order valence-corrected chi connectivity index (χ3v) is 5.03. The van der Waals surface area contributed by atoms with E-state index in [0.717, 1.165) is 13.0 Å². The summed E-state index contributed by atoms with van der Waals surface area (Å²) in [6, 6.07) is 10.8. The van der Waals surface area contributed by atoms with Gasteiger partial charge in [0.15, 0.2) is 0 Å². The summed E-state index contributed by atoms with van der Waals surface area (Å²) >= 11 is 0. The average molecular weight is 289 g/mol. The van der Waals surface area contributed by atoms with Gasteiger partial charge in [0, 0.05) is 12.6 Å². The van der Waals surface area contributed by atoms with Crippen LogP contribution in [0.4, 0.5) is 0 Å². The molecule has 1 saturated heterocycles. The van der Waals surface area contributed by atoms with E-state index in [1.165, 1.54) is 5.56 Å². The van der Waals surface area contributed by atoms with Crippen molar-refractivity contribution in [2.75, 3.05) is 13.1 Å². The van der Waals surface area contributed by atoms with Crippen molar-refractivity contribution < 1.29 is 9.90 Å². The molecular formula is C18H27NO2. The van der Waals surface area contributed by atoms with Gasteiger partial charge >= 0.3 is 5.97 Å². The minimum Gasteiger partial charge on any atom is -0.481 e. The highest BCUT2D eigenvalue weighted by atomic mass is 16.4. The van der Waals surface area contributed by atoms with E-state index in [4.69, 9.17) is 0 Å². The normalized spacial score (nSPS) is 24.7. The van der Waals surface area contributed by atoms with Gasteiger partial charge in [0.1, 0.15) is 0 Å². The van der Waals surface area contributed by atoms with Crippen LogP contribution >= 0.6 is 0 Å². The molecule has 1 N–H and O–H groups in total. The first kappa shape index (κ1) is 16.0. The number of likely N-dealkylation sites (tertiary alicyclic amines) is 1. The molecule has 1 heterocycles. The summed E-state index contributed by atoms with van der Waals surface area (Å²) in [7, 11) is 0. The van der Waals surface area contributed by atoms with Gasteiger partial charge in [-0.1, -0.05) is 58.0 Å². The molecule has 0 amide bonds. The number of carboxylic acid groups (broad SMARTS) is 1. The topological polar surface area (TPSA) is 40.5 Å². The summed E-state index contributed by atoms with van der Waals surface area (Å²) in [5, 5.41) is 9.72. The molecule has 0 spiro atoms. The molecule has 1 fully saturated rings. The second-order valence-corrected chi connectivity index (χ2v) is 6.94. The van der Waals surface area contributed by atoms with E-state index in [1.807, 2.05) is 19.9 Å². The fraction of sp³-hybridized carbons (Fsp3) is 0.611. The van der Waals surface area contributed by atoms with Crippen LogP contribution in [-0.4, -0.2) is 29.1 Å². The lowest BCUT2D eigenvalue weighted by Gasteiger charge is -2.34. The molecule has 0 aromatic heterocycles. The number of benzene rings is 1. The number of aliphatic carboxylic acids is 1. The molecule has 0 aliphatic carbocycles. The van der Waals surface area contributed by atoms with E-state index in [2.05, 4.69) is 43.0 Å². The Bertz CT molecular complexity index is 483. The number of hydrogen-bond acceptors (Lipinski definition) is 2. The molecule has 1 aliphatic heterocycles. The zero-order valence-corrected chi connectivity index (χ0v) is 13.5. The first-order chi connectivity index (χ1) is 9.88. The third-order valence-electron chi connectivity index (χ3n) is 5.03. The fourth-order valence-electron chi connectivity index (χ4n) is 3.66. The molecule has 0 saturated carbocycles. The minimum atomic E-state index is -0.643. The maximum absolute atomic E-state index is 11.8. The molecule has 2 unspecified atom stereocenters. The van der Waals surface area contributed by atoms with Crippen LogP contribution < -0.4 is 0 Å². The fourth-order valence-corrected chi connectivity index (χ4v) is 3.66.